The lowest BCUT2D eigenvalue weighted by Crippen LogP contribution is -2.48. The fourth-order valence-corrected chi connectivity index (χ4v) is 4.18. The molecule has 1 saturated heterocycles. The number of ether oxygens (including phenoxy) is 1. The highest BCUT2D eigenvalue weighted by molar-refractivity contribution is 5.79. The molecule has 1 amide bonds. The number of hydrogen-bond donors (Lipinski definition) is 1. The van der Waals surface area contributed by atoms with E-state index in [1.54, 1.807) is 0 Å². The number of likely N-dealkylation sites (tertiary alicyclic amines) is 1. The molecule has 1 N–H and O–H groups in total. The van der Waals surface area contributed by atoms with Crippen LogP contribution in [0.25, 0.3) is 0 Å². The van der Waals surface area contributed by atoms with E-state index in [1.165, 1.54) is 0 Å². The molecule has 2 aromatic rings. The first kappa shape index (κ1) is 24.9. The molecule has 0 radical (unpaired) electrons. The summed E-state index contributed by atoms with van der Waals surface area (Å²) in [5.41, 5.74) is 2.53. The van der Waals surface area contributed by atoms with E-state index in [9.17, 15) is 9.90 Å². The van der Waals surface area contributed by atoms with Crippen LogP contribution >= 0.6 is 0 Å². The summed E-state index contributed by atoms with van der Waals surface area (Å²) in [6.45, 7) is 6.00. The van der Waals surface area contributed by atoms with Gasteiger partial charge in [-0.05, 0) is 75.1 Å². The number of amides is 1. The fraction of sp³-hybridized carbons (Fsp3) is 0.519. The zero-order valence-electron chi connectivity index (χ0n) is 20.8. The van der Waals surface area contributed by atoms with E-state index in [4.69, 9.17) is 4.74 Å². The molecule has 180 valence electrons. The van der Waals surface area contributed by atoms with Crippen molar-refractivity contribution >= 4 is 17.3 Å². The molecule has 2 aromatic carbocycles. The number of anilines is 2. The van der Waals surface area contributed by atoms with Crippen LogP contribution in [0.5, 0.6) is 5.75 Å². The molecule has 0 spiro atoms. The van der Waals surface area contributed by atoms with Gasteiger partial charge >= 0.3 is 0 Å². The predicted octanol–water partition coefficient (Wildman–Crippen LogP) is 3.96. The molecule has 33 heavy (non-hydrogen) atoms. The summed E-state index contributed by atoms with van der Waals surface area (Å²) in [5, 5.41) is 11.1. The van der Waals surface area contributed by atoms with Crippen LogP contribution in [0.2, 0.25) is 0 Å². The van der Waals surface area contributed by atoms with Crippen molar-refractivity contribution in [2.75, 3.05) is 50.6 Å². The van der Waals surface area contributed by atoms with Crippen LogP contribution in [-0.2, 0) is 11.2 Å². The Labute approximate surface area is 198 Å². The Morgan fingerprint density at radius 2 is 1.58 bits per heavy atom. The minimum absolute atomic E-state index is 0.135. The van der Waals surface area contributed by atoms with Gasteiger partial charge in [0.2, 0.25) is 5.91 Å². The minimum atomic E-state index is -0.723. The van der Waals surface area contributed by atoms with Crippen LogP contribution in [0.15, 0.2) is 48.5 Å². The van der Waals surface area contributed by atoms with Crippen molar-refractivity contribution < 1.29 is 14.6 Å². The Bertz CT molecular complexity index is 886. The lowest BCUT2D eigenvalue weighted by molar-refractivity contribution is -0.134. The van der Waals surface area contributed by atoms with Gasteiger partial charge in [0.25, 0.3) is 0 Å². The van der Waals surface area contributed by atoms with Gasteiger partial charge < -0.3 is 24.5 Å². The number of benzene rings is 2. The van der Waals surface area contributed by atoms with Gasteiger partial charge in [0.15, 0.2) is 0 Å². The van der Waals surface area contributed by atoms with Gasteiger partial charge in [0.1, 0.15) is 5.75 Å². The molecule has 6 heteroatoms. The number of nitrogens with zero attached hydrogens (tertiary/aromatic N) is 3. The summed E-state index contributed by atoms with van der Waals surface area (Å²) in [6, 6.07) is 16.2. The molecule has 1 aliphatic heterocycles. The molecule has 1 aliphatic rings. The molecule has 6 nitrogen and oxygen atoms in total. The Hall–Kier alpha value is -2.73. The van der Waals surface area contributed by atoms with Gasteiger partial charge in [0, 0.05) is 52.2 Å². The normalized spacial score (nSPS) is 15.4. The number of aliphatic hydroxyl groups is 1. The monoisotopic (exact) mass is 453 g/mol. The van der Waals surface area contributed by atoms with E-state index in [0.717, 1.165) is 29.2 Å². The van der Waals surface area contributed by atoms with Crippen molar-refractivity contribution in [3.8, 4) is 5.75 Å². The van der Waals surface area contributed by atoms with Crippen LogP contribution in [0.4, 0.5) is 11.4 Å². The second-order valence-corrected chi connectivity index (χ2v) is 9.67. The molecule has 0 bridgehead atoms. The van der Waals surface area contributed by atoms with Crippen molar-refractivity contribution in [1.29, 1.82) is 0 Å². The van der Waals surface area contributed by atoms with Crippen LogP contribution < -0.4 is 14.5 Å². The smallest absolute Gasteiger partial charge is 0.226 e. The summed E-state index contributed by atoms with van der Waals surface area (Å²) in [7, 11) is 6.05. The summed E-state index contributed by atoms with van der Waals surface area (Å²) < 4.78 is 5.71. The van der Waals surface area contributed by atoms with Crippen LogP contribution in [0.3, 0.4) is 0 Å². The van der Waals surface area contributed by atoms with E-state index in [1.807, 2.05) is 93.3 Å². The Morgan fingerprint density at radius 3 is 2.12 bits per heavy atom. The maximum Gasteiger partial charge on any atom is 0.226 e. The second-order valence-electron chi connectivity index (χ2n) is 9.67. The molecule has 0 aliphatic carbocycles. The van der Waals surface area contributed by atoms with Gasteiger partial charge in [-0.25, -0.2) is 0 Å². The van der Waals surface area contributed by atoms with Gasteiger partial charge in [-0.1, -0.05) is 12.1 Å². The second kappa shape index (κ2) is 10.9. The average Bonchev–Trinajstić information content (AvgIpc) is 2.78. The third-order valence-corrected chi connectivity index (χ3v) is 6.42. The molecule has 0 atom stereocenters. The Balaban J connectivity index is 1.45. The number of piperidine rings is 1. The third kappa shape index (κ3) is 7.13. The number of carbonyl (C=O) groups excluding carboxylic acids is 1. The standard InChI is InChI=1S/C27H39N3O3/c1-21(2)33-25-12-10-24(11-13-25)29(5)17-14-27(32)15-18-30(19-16-27)26(31)20-22-6-8-23(9-7-22)28(3)4/h6-13,21,32H,14-20H2,1-5H3. The molecule has 3 rings (SSSR count). The minimum Gasteiger partial charge on any atom is -0.491 e. The van der Waals surface area contributed by atoms with E-state index in [-0.39, 0.29) is 12.0 Å². The summed E-state index contributed by atoms with van der Waals surface area (Å²) >= 11 is 0. The largest absolute Gasteiger partial charge is 0.491 e. The first-order valence-electron chi connectivity index (χ1n) is 11.9. The highest BCUT2D eigenvalue weighted by Crippen LogP contribution is 2.28. The van der Waals surface area contributed by atoms with E-state index in [0.29, 0.717) is 38.8 Å². The van der Waals surface area contributed by atoms with Gasteiger partial charge in [-0.3, -0.25) is 4.79 Å². The molecule has 0 saturated carbocycles. The summed E-state index contributed by atoms with van der Waals surface area (Å²) in [4.78, 5) is 18.9. The molecule has 0 unspecified atom stereocenters. The summed E-state index contributed by atoms with van der Waals surface area (Å²) in [5.74, 6) is 1.00. The number of carbonyl (C=O) groups is 1. The van der Waals surface area contributed by atoms with Crippen molar-refractivity contribution in [2.45, 2.75) is 51.2 Å². The predicted molar refractivity (Wildman–Crippen MR) is 135 cm³/mol. The summed E-state index contributed by atoms with van der Waals surface area (Å²) in [6.07, 6.45) is 2.48. The average molecular weight is 454 g/mol. The van der Waals surface area contributed by atoms with Gasteiger partial charge in [0.05, 0.1) is 18.1 Å². The van der Waals surface area contributed by atoms with Crippen molar-refractivity contribution in [3.05, 3.63) is 54.1 Å². The van der Waals surface area contributed by atoms with Crippen molar-refractivity contribution in [2.24, 2.45) is 0 Å². The topological polar surface area (TPSA) is 56.3 Å². The molecule has 1 fully saturated rings. The Morgan fingerprint density at radius 1 is 1.00 bits per heavy atom. The van der Waals surface area contributed by atoms with E-state index >= 15 is 0 Å². The first-order valence-corrected chi connectivity index (χ1v) is 11.9. The van der Waals surface area contributed by atoms with E-state index in [2.05, 4.69) is 4.90 Å². The van der Waals surface area contributed by atoms with E-state index < -0.39 is 5.60 Å². The first-order chi connectivity index (χ1) is 15.6. The van der Waals surface area contributed by atoms with Crippen LogP contribution in [-0.4, -0.2) is 68.4 Å². The van der Waals surface area contributed by atoms with Gasteiger partial charge in [-0.2, -0.15) is 0 Å². The zero-order chi connectivity index (χ0) is 24.0. The highest BCUT2D eigenvalue weighted by atomic mass is 16.5. The number of hydrogen-bond acceptors (Lipinski definition) is 5. The SMILES string of the molecule is CC(C)Oc1ccc(N(C)CCC2(O)CCN(C(=O)Cc3ccc(N(C)C)cc3)CC2)cc1. The highest BCUT2D eigenvalue weighted by Gasteiger charge is 2.33. The third-order valence-electron chi connectivity index (χ3n) is 6.42. The Kier molecular flexibility index (Phi) is 8.25. The number of rotatable bonds is 9. The van der Waals surface area contributed by atoms with Crippen molar-refractivity contribution in [1.82, 2.24) is 4.90 Å². The van der Waals surface area contributed by atoms with Crippen molar-refractivity contribution in [3.63, 3.8) is 0 Å². The fourth-order valence-electron chi connectivity index (χ4n) is 4.18. The zero-order valence-corrected chi connectivity index (χ0v) is 20.8. The maximum atomic E-state index is 12.8. The quantitative estimate of drug-likeness (QED) is 0.623. The van der Waals surface area contributed by atoms with Gasteiger partial charge in [-0.15, -0.1) is 0 Å². The molecule has 1 heterocycles. The molecule has 0 aromatic heterocycles. The lowest BCUT2D eigenvalue weighted by Gasteiger charge is -2.39. The maximum absolute atomic E-state index is 12.8. The van der Waals surface area contributed by atoms with Crippen LogP contribution in [0, 0.1) is 0 Å². The lowest BCUT2D eigenvalue weighted by atomic mass is 9.87. The molecular weight excluding hydrogens is 414 g/mol. The van der Waals surface area contributed by atoms with Crippen LogP contribution in [0.1, 0.15) is 38.7 Å². The molecular formula is C27H39N3O3.